The molecule has 0 spiro atoms. The molecule has 0 aliphatic carbocycles. The number of fused-ring (bicyclic) bond motifs is 1. The largest absolute Gasteiger partial charge is 0.305 e. The van der Waals surface area contributed by atoms with Gasteiger partial charge < -0.3 is 4.57 Å². The number of nitrogens with zero attached hydrogens (tertiary/aromatic N) is 5. The Balaban J connectivity index is 1.14. The second kappa shape index (κ2) is 11.6. The van der Waals surface area contributed by atoms with Gasteiger partial charge in [-0.05, 0) is 60.3 Å². The van der Waals surface area contributed by atoms with Gasteiger partial charge in [-0.2, -0.15) is 0 Å². The normalized spacial score (nSPS) is 14.0. The Morgan fingerprint density at radius 3 is 2.70 bits per heavy atom. The molecule has 37 heavy (non-hydrogen) atoms. The van der Waals surface area contributed by atoms with Gasteiger partial charge in [0, 0.05) is 50.4 Å². The Kier molecular flexibility index (Phi) is 7.99. The van der Waals surface area contributed by atoms with Gasteiger partial charge in [0.1, 0.15) is 0 Å². The van der Waals surface area contributed by atoms with Crippen LogP contribution in [0.15, 0.2) is 83.1 Å². The minimum Gasteiger partial charge on any atom is -0.305 e. The lowest BCUT2D eigenvalue weighted by Gasteiger charge is -2.29. The molecule has 0 radical (unpaired) electrons. The van der Waals surface area contributed by atoms with Crippen LogP contribution in [0, 0.1) is 0 Å². The molecule has 0 bridgehead atoms. The Morgan fingerprint density at radius 1 is 1.03 bits per heavy atom. The van der Waals surface area contributed by atoms with Crippen LogP contribution in [0.25, 0.3) is 11.4 Å². The lowest BCUT2D eigenvalue weighted by atomic mass is 10.00. The summed E-state index contributed by atoms with van der Waals surface area (Å²) in [5, 5.41) is 9.56. The van der Waals surface area contributed by atoms with Crippen molar-refractivity contribution in [2.24, 2.45) is 7.05 Å². The van der Waals surface area contributed by atoms with Crippen LogP contribution in [0.1, 0.15) is 23.1 Å². The van der Waals surface area contributed by atoms with E-state index in [1.54, 1.807) is 30.2 Å². The zero-order chi connectivity index (χ0) is 25.7. The summed E-state index contributed by atoms with van der Waals surface area (Å²) >= 11 is 1.70. The first kappa shape index (κ1) is 25.6. The van der Waals surface area contributed by atoms with Crippen LogP contribution in [0.4, 0.5) is 0 Å². The summed E-state index contributed by atoms with van der Waals surface area (Å²) in [5.74, 6) is 1.74. The van der Waals surface area contributed by atoms with Crippen molar-refractivity contribution in [3.05, 3.63) is 89.7 Å². The van der Waals surface area contributed by atoms with E-state index in [1.165, 1.54) is 5.56 Å². The van der Waals surface area contributed by atoms with Crippen LogP contribution < -0.4 is 4.72 Å². The predicted octanol–water partition coefficient (Wildman–Crippen LogP) is 3.90. The number of hydrogen-bond acceptors (Lipinski definition) is 7. The number of nitrogens with one attached hydrogen (secondary N) is 1. The molecular formula is C27H30N6O2S2. The van der Waals surface area contributed by atoms with Crippen molar-refractivity contribution < 1.29 is 8.42 Å². The lowest BCUT2D eigenvalue weighted by Crippen LogP contribution is -2.32. The molecule has 2 aromatic heterocycles. The first-order valence-corrected chi connectivity index (χ1v) is 14.8. The van der Waals surface area contributed by atoms with Crippen molar-refractivity contribution in [1.29, 1.82) is 0 Å². The van der Waals surface area contributed by atoms with Crippen molar-refractivity contribution in [3.8, 4) is 11.4 Å². The predicted molar refractivity (Wildman–Crippen MR) is 145 cm³/mol. The molecule has 0 saturated heterocycles. The standard InChI is InChI=1S/C27H30N6O2S2/c1-32-26(23-9-5-13-28-19-23)30-31-27(32)36-16-6-14-33-15-12-22-10-11-25(17-24(22)20-33)37(34,35)29-18-21-7-3-2-4-8-21/h2-5,7-11,13,17,19,29H,6,12,14-16,18,20H2,1H3. The molecule has 1 N–H and O–H groups in total. The lowest BCUT2D eigenvalue weighted by molar-refractivity contribution is 0.255. The maximum Gasteiger partial charge on any atom is 0.240 e. The summed E-state index contributed by atoms with van der Waals surface area (Å²) in [6.45, 7) is 2.96. The van der Waals surface area contributed by atoms with Crippen LogP contribution in [-0.2, 0) is 36.6 Å². The first-order chi connectivity index (χ1) is 18.0. The smallest absolute Gasteiger partial charge is 0.240 e. The van der Waals surface area contributed by atoms with Gasteiger partial charge >= 0.3 is 0 Å². The number of pyridine rings is 1. The van der Waals surface area contributed by atoms with Gasteiger partial charge in [0.25, 0.3) is 0 Å². The van der Waals surface area contributed by atoms with Gasteiger partial charge in [-0.3, -0.25) is 9.88 Å². The van der Waals surface area contributed by atoms with E-state index in [1.807, 2.05) is 66.2 Å². The molecule has 1 aliphatic rings. The van der Waals surface area contributed by atoms with Gasteiger partial charge in [0.15, 0.2) is 11.0 Å². The summed E-state index contributed by atoms with van der Waals surface area (Å²) in [4.78, 5) is 6.89. The third-order valence-corrected chi connectivity index (χ3v) is 9.00. The Morgan fingerprint density at radius 2 is 1.89 bits per heavy atom. The third-order valence-electron chi connectivity index (χ3n) is 6.49. The molecule has 10 heteroatoms. The highest BCUT2D eigenvalue weighted by molar-refractivity contribution is 7.99. The van der Waals surface area contributed by atoms with Crippen molar-refractivity contribution in [3.63, 3.8) is 0 Å². The fourth-order valence-electron chi connectivity index (χ4n) is 4.45. The Bertz CT molecular complexity index is 1440. The minimum atomic E-state index is -3.57. The van der Waals surface area contributed by atoms with Gasteiger partial charge in [-0.1, -0.05) is 48.2 Å². The number of benzene rings is 2. The van der Waals surface area contributed by atoms with Crippen molar-refractivity contribution in [2.75, 3.05) is 18.8 Å². The van der Waals surface area contributed by atoms with Crippen molar-refractivity contribution in [2.45, 2.75) is 36.0 Å². The zero-order valence-corrected chi connectivity index (χ0v) is 22.4. The average molecular weight is 535 g/mol. The molecule has 3 heterocycles. The van der Waals surface area contributed by atoms with Gasteiger partial charge in [-0.25, -0.2) is 13.1 Å². The Labute approximate surface area is 222 Å². The van der Waals surface area contributed by atoms with E-state index in [0.717, 1.165) is 65.9 Å². The number of aromatic nitrogens is 4. The molecular weight excluding hydrogens is 504 g/mol. The van der Waals surface area contributed by atoms with Gasteiger partial charge in [-0.15, -0.1) is 10.2 Å². The minimum absolute atomic E-state index is 0.277. The highest BCUT2D eigenvalue weighted by atomic mass is 32.2. The summed E-state index contributed by atoms with van der Waals surface area (Å²) in [7, 11) is -1.60. The molecule has 0 unspecified atom stereocenters. The second-order valence-electron chi connectivity index (χ2n) is 9.08. The highest BCUT2D eigenvalue weighted by Gasteiger charge is 2.20. The zero-order valence-electron chi connectivity index (χ0n) is 20.7. The Hall–Kier alpha value is -3.05. The molecule has 0 saturated carbocycles. The molecule has 0 amide bonds. The van der Waals surface area contributed by atoms with E-state index in [2.05, 4.69) is 24.8 Å². The first-order valence-electron chi connectivity index (χ1n) is 12.3. The summed E-state index contributed by atoms with van der Waals surface area (Å²) < 4.78 is 30.5. The summed E-state index contributed by atoms with van der Waals surface area (Å²) in [5.41, 5.74) is 4.21. The molecule has 8 nitrogen and oxygen atoms in total. The van der Waals surface area contributed by atoms with Gasteiger partial charge in [0.05, 0.1) is 4.90 Å². The van der Waals surface area contributed by atoms with Crippen LogP contribution in [0.3, 0.4) is 0 Å². The summed E-state index contributed by atoms with van der Waals surface area (Å²) in [6, 6.07) is 19.0. The number of rotatable bonds is 10. The molecule has 1 aliphatic heterocycles. The van der Waals surface area contributed by atoms with E-state index < -0.39 is 10.0 Å². The fourth-order valence-corrected chi connectivity index (χ4v) is 6.35. The monoisotopic (exact) mass is 534 g/mol. The number of hydrogen-bond donors (Lipinski definition) is 1. The topological polar surface area (TPSA) is 93.0 Å². The van der Waals surface area contributed by atoms with Crippen molar-refractivity contribution in [1.82, 2.24) is 29.4 Å². The molecule has 0 fully saturated rings. The van der Waals surface area contributed by atoms with Crippen molar-refractivity contribution >= 4 is 21.8 Å². The molecule has 4 aromatic rings. The average Bonchev–Trinajstić information content (AvgIpc) is 3.30. The van der Waals surface area contributed by atoms with E-state index >= 15 is 0 Å². The maximum atomic E-state index is 12.9. The van der Waals surface area contributed by atoms with Crippen LogP contribution in [0.2, 0.25) is 0 Å². The van der Waals surface area contributed by atoms with E-state index in [0.29, 0.717) is 4.90 Å². The van der Waals surface area contributed by atoms with E-state index in [-0.39, 0.29) is 6.54 Å². The summed E-state index contributed by atoms with van der Waals surface area (Å²) in [6.07, 6.45) is 5.48. The SMILES string of the molecule is Cn1c(SCCCN2CCc3ccc(S(=O)(=O)NCc4ccccc4)cc3C2)nnc1-c1cccnc1. The maximum absolute atomic E-state index is 12.9. The fraction of sp³-hybridized carbons (Fsp3) is 0.296. The second-order valence-corrected chi connectivity index (χ2v) is 11.9. The van der Waals surface area contributed by atoms with Crippen LogP contribution in [0.5, 0.6) is 0 Å². The molecule has 5 rings (SSSR count). The molecule has 2 aromatic carbocycles. The highest BCUT2D eigenvalue weighted by Crippen LogP contribution is 2.25. The third kappa shape index (κ3) is 6.27. The van der Waals surface area contributed by atoms with Crippen LogP contribution >= 0.6 is 11.8 Å². The number of thioether (sulfide) groups is 1. The van der Waals surface area contributed by atoms with Gasteiger partial charge in [0.2, 0.25) is 10.0 Å². The molecule has 192 valence electrons. The number of sulfonamides is 1. The molecule has 0 atom stereocenters. The van der Waals surface area contributed by atoms with E-state index in [4.69, 9.17) is 0 Å². The van der Waals surface area contributed by atoms with E-state index in [9.17, 15) is 8.42 Å². The quantitative estimate of drug-likeness (QED) is 0.244. The van der Waals surface area contributed by atoms with Crippen LogP contribution in [-0.4, -0.2) is 51.9 Å².